The topological polar surface area (TPSA) is 62.1 Å². The van der Waals surface area contributed by atoms with Gasteiger partial charge in [-0.05, 0) is 24.6 Å². The van der Waals surface area contributed by atoms with Crippen LogP contribution in [-0.2, 0) is 9.53 Å². The lowest BCUT2D eigenvalue weighted by atomic mass is 10.1. The van der Waals surface area contributed by atoms with Gasteiger partial charge in [0.25, 0.3) is 0 Å². The number of nitriles is 1. The molecule has 0 saturated heterocycles. The summed E-state index contributed by atoms with van der Waals surface area (Å²) in [5.74, 6) is -0.405. The molecule has 0 aromatic heterocycles. The first kappa shape index (κ1) is 14.8. The van der Waals surface area contributed by atoms with Gasteiger partial charge in [0.1, 0.15) is 6.04 Å². The average molecular weight is 287 g/mol. The summed E-state index contributed by atoms with van der Waals surface area (Å²) in [4.78, 5) is 11.2. The summed E-state index contributed by atoms with van der Waals surface area (Å²) in [5, 5.41) is 12.6. The Bertz CT molecular complexity index is 472. The molecule has 0 amide bonds. The molecule has 96 valence electrons. The van der Waals surface area contributed by atoms with Crippen LogP contribution in [0.25, 0.3) is 0 Å². The molecule has 1 atom stereocenters. The number of rotatable bonds is 5. The van der Waals surface area contributed by atoms with E-state index in [1.807, 2.05) is 6.07 Å². The highest BCUT2D eigenvalue weighted by Crippen LogP contribution is 2.25. The molecular formula is C12H12Cl2N2O2. The molecule has 0 fully saturated rings. The summed E-state index contributed by atoms with van der Waals surface area (Å²) in [5.41, 5.74) is 0.649. The molecule has 0 spiro atoms. The molecule has 0 saturated carbocycles. The van der Waals surface area contributed by atoms with Gasteiger partial charge in [0.15, 0.2) is 0 Å². The molecule has 0 unspecified atom stereocenters. The van der Waals surface area contributed by atoms with Gasteiger partial charge >= 0.3 is 5.97 Å². The zero-order chi connectivity index (χ0) is 13.5. The van der Waals surface area contributed by atoms with Gasteiger partial charge in [0.05, 0.1) is 29.3 Å². The van der Waals surface area contributed by atoms with Crippen molar-refractivity contribution >= 4 is 29.2 Å². The summed E-state index contributed by atoms with van der Waals surface area (Å²) in [6.07, 6.45) is 0. The highest BCUT2D eigenvalue weighted by atomic mass is 35.5. The van der Waals surface area contributed by atoms with Crippen molar-refractivity contribution in [2.45, 2.75) is 13.0 Å². The third-order valence-corrected chi connectivity index (χ3v) is 2.90. The third-order valence-electron chi connectivity index (χ3n) is 2.16. The number of hydrogen-bond acceptors (Lipinski definition) is 4. The Kier molecular flexibility index (Phi) is 5.93. The predicted molar refractivity (Wildman–Crippen MR) is 69.5 cm³/mol. The number of carbonyl (C=O) groups is 1. The Morgan fingerprint density at radius 3 is 2.78 bits per heavy atom. The van der Waals surface area contributed by atoms with Gasteiger partial charge < -0.3 is 4.74 Å². The minimum Gasteiger partial charge on any atom is -0.465 e. The SMILES string of the molecule is CCOC(=O)CN[C@@H](C#N)c1ccc(Cl)c(Cl)c1. The number of nitrogens with one attached hydrogen (secondary N) is 1. The van der Waals surface area contributed by atoms with Crippen molar-refractivity contribution in [3.05, 3.63) is 33.8 Å². The summed E-state index contributed by atoms with van der Waals surface area (Å²) in [7, 11) is 0. The Balaban J connectivity index is 2.69. The second kappa shape index (κ2) is 7.22. The van der Waals surface area contributed by atoms with E-state index in [-0.39, 0.29) is 6.54 Å². The molecule has 0 aliphatic rings. The molecule has 6 heteroatoms. The zero-order valence-electron chi connectivity index (χ0n) is 9.74. The number of nitrogens with zero attached hydrogens (tertiary/aromatic N) is 1. The Morgan fingerprint density at radius 1 is 1.50 bits per heavy atom. The molecule has 1 rings (SSSR count). The van der Waals surface area contributed by atoms with Gasteiger partial charge in [-0.25, -0.2) is 0 Å². The Labute approximate surface area is 115 Å². The molecule has 4 nitrogen and oxygen atoms in total. The first-order valence-electron chi connectivity index (χ1n) is 5.32. The minimum absolute atomic E-state index is 0.0354. The second-order valence-corrected chi connectivity index (χ2v) is 4.24. The number of ether oxygens (including phenoxy) is 1. The van der Waals surface area contributed by atoms with E-state index in [4.69, 9.17) is 33.2 Å². The largest absolute Gasteiger partial charge is 0.465 e. The van der Waals surface area contributed by atoms with E-state index in [1.165, 1.54) is 0 Å². The molecule has 0 bridgehead atoms. The van der Waals surface area contributed by atoms with Crippen LogP contribution in [0, 0.1) is 11.3 Å². The highest BCUT2D eigenvalue weighted by molar-refractivity contribution is 6.42. The van der Waals surface area contributed by atoms with Gasteiger partial charge in [-0.15, -0.1) is 0 Å². The molecule has 1 aromatic rings. The first-order valence-corrected chi connectivity index (χ1v) is 6.07. The summed E-state index contributed by atoms with van der Waals surface area (Å²) in [6, 6.07) is 6.29. The molecule has 18 heavy (non-hydrogen) atoms. The standard InChI is InChI=1S/C12H12Cl2N2O2/c1-2-18-12(17)7-16-11(6-15)8-3-4-9(13)10(14)5-8/h3-5,11,16H,2,7H2,1H3/t11-/m0/s1. The number of carbonyl (C=O) groups excluding carboxylic acids is 1. The molecule has 0 aliphatic carbocycles. The summed E-state index contributed by atoms with van der Waals surface area (Å²) >= 11 is 11.7. The molecule has 1 N–H and O–H groups in total. The van der Waals surface area contributed by atoms with Gasteiger partial charge in [0, 0.05) is 0 Å². The fourth-order valence-electron chi connectivity index (χ4n) is 1.33. The zero-order valence-corrected chi connectivity index (χ0v) is 11.3. The van der Waals surface area contributed by atoms with Crippen LogP contribution >= 0.6 is 23.2 Å². The first-order chi connectivity index (χ1) is 8.58. The van der Waals surface area contributed by atoms with Crippen molar-refractivity contribution < 1.29 is 9.53 Å². The number of hydrogen-bond donors (Lipinski definition) is 1. The van der Waals surface area contributed by atoms with E-state index in [0.717, 1.165) is 0 Å². The average Bonchev–Trinajstić information content (AvgIpc) is 2.34. The van der Waals surface area contributed by atoms with E-state index in [2.05, 4.69) is 5.32 Å². The van der Waals surface area contributed by atoms with Crippen LogP contribution in [0.5, 0.6) is 0 Å². The number of esters is 1. The molecule has 0 heterocycles. The van der Waals surface area contributed by atoms with Crippen molar-refractivity contribution in [3.8, 4) is 6.07 Å². The van der Waals surface area contributed by atoms with E-state index in [1.54, 1.807) is 25.1 Å². The smallest absolute Gasteiger partial charge is 0.319 e. The van der Waals surface area contributed by atoms with Crippen LogP contribution < -0.4 is 5.32 Å². The maximum absolute atomic E-state index is 11.2. The van der Waals surface area contributed by atoms with Crippen molar-refractivity contribution in [3.63, 3.8) is 0 Å². The fourth-order valence-corrected chi connectivity index (χ4v) is 1.63. The monoisotopic (exact) mass is 286 g/mol. The van der Waals surface area contributed by atoms with Crippen LogP contribution in [0.4, 0.5) is 0 Å². The van der Waals surface area contributed by atoms with Crippen molar-refractivity contribution in [2.24, 2.45) is 0 Å². The van der Waals surface area contributed by atoms with Crippen LogP contribution in [0.1, 0.15) is 18.5 Å². The number of halogens is 2. The molecule has 0 aliphatic heterocycles. The highest BCUT2D eigenvalue weighted by Gasteiger charge is 2.13. The maximum Gasteiger partial charge on any atom is 0.319 e. The third kappa shape index (κ3) is 4.19. The fraction of sp³-hybridized carbons (Fsp3) is 0.333. The van der Waals surface area contributed by atoms with Gasteiger partial charge in [0.2, 0.25) is 0 Å². The van der Waals surface area contributed by atoms with Crippen LogP contribution in [0.15, 0.2) is 18.2 Å². The quantitative estimate of drug-likeness (QED) is 0.846. The Morgan fingerprint density at radius 2 is 2.22 bits per heavy atom. The lowest BCUT2D eigenvalue weighted by Gasteiger charge is -2.12. The lowest BCUT2D eigenvalue weighted by molar-refractivity contribution is -0.142. The number of benzene rings is 1. The van der Waals surface area contributed by atoms with Gasteiger partial charge in [-0.2, -0.15) is 5.26 Å². The maximum atomic E-state index is 11.2. The van der Waals surface area contributed by atoms with Crippen LogP contribution in [0.3, 0.4) is 0 Å². The van der Waals surface area contributed by atoms with Crippen molar-refractivity contribution in [1.82, 2.24) is 5.32 Å². The minimum atomic E-state index is -0.635. The molecule has 1 aromatic carbocycles. The normalized spacial score (nSPS) is 11.7. The summed E-state index contributed by atoms with van der Waals surface area (Å²) in [6.45, 7) is 2.00. The van der Waals surface area contributed by atoms with Crippen LogP contribution in [0.2, 0.25) is 10.0 Å². The van der Waals surface area contributed by atoms with E-state index in [9.17, 15) is 4.79 Å². The van der Waals surface area contributed by atoms with Gasteiger partial charge in [-0.1, -0.05) is 29.3 Å². The van der Waals surface area contributed by atoms with E-state index in [0.29, 0.717) is 22.2 Å². The van der Waals surface area contributed by atoms with Crippen molar-refractivity contribution in [2.75, 3.05) is 13.2 Å². The lowest BCUT2D eigenvalue weighted by Crippen LogP contribution is -2.28. The van der Waals surface area contributed by atoms with Crippen LogP contribution in [-0.4, -0.2) is 19.1 Å². The Hall–Kier alpha value is -1.28. The summed E-state index contributed by atoms with van der Waals surface area (Å²) < 4.78 is 4.76. The van der Waals surface area contributed by atoms with E-state index < -0.39 is 12.0 Å². The predicted octanol–water partition coefficient (Wildman–Crippen LogP) is 2.71. The van der Waals surface area contributed by atoms with Crippen molar-refractivity contribution in [1.29, 1.82) is 5.26 Å². The molecule has 0 radical (unpaired) electrons. The van der Waals surface area contributed by atoms with Gasteiger partial charge in [-0.3, -0.25) is 10.1 Å². The van der Waals surface area contributed by atoms with E-state index >= 15 is 0 Å². The second-order valence-electron chi connectivity index (χ2n) is 3.42. The molecular weight excluding hydrogens is 275 g/mol.